The highest BCUT2D eigenvalue weighted by Crippen LogP contribution is 2.09. The van der Waals surface area contributed by atoms with E-state index in [1.807, 2.05) is 13.8 Å². The first-order chi connectivity index (χ1) is 5.65. The second-order valence-corrected chi connectivity index (χ2v) is 2.61. The second kappa shape index (κ2) is 3.26. The van der Waals surface area contributed by atoms with Gasteiger partial charge in [-0.05, 0) is 19.9 Å². The van der Waals surface area contributed by atoms with Crippen LogP contribution in [-0.4, -0.2) is 4.98 Å². The molecule has 0 aliphatic rings. The molecule has 12 heavy (non-hydrogen) atoms. The predicted molar refractivity (Wildman–Crippen MR) is 49.6 cm³/mol. The Morgan fingerprint density at radius 3 is 2.75 bits per heavy atom. The third kappa shape index (κ3) is 1.56. The Balaban J connectivity index is 3.28. The SMILES string of the molecule is C/C=C(/N)c1ccc(=O)[nH]c1C. The van der Waals surface area contributed by atoms with Crippen molar-refractivity contribution in [2.45, 2.75) is 13.8 Å². The molecule has 0 atom stereocenters. The number of nitrogens with two attached hydrogens (primary N) is 1. The number of pyridine rings is 1. The highest BCUT2D eigenvalue weighted by Gasteiger charge is 1.99. The molecule has 0 aliphatic carbocycles. The molecule has 1 heterocycles. The van der Waals surface area contributed by atoms with Crippen molar-refractivity contribution in [1.29, 1.82) is 0 Å². The fourth-order valence-electron chi connectivity index (χ4n) is 1.05. The maximum atomic E-state index is 10.8. The van der Waals surface area contributed by atoms with Crippen molar-refractivity contribution in [2.24, 2.45) is 5.73 Å². The average Bonchev–Trinajstić information content (AvgIpc) is 2.03. The van der Waals surface area contributed by atoms with E-state index in [9.17, 15) is 4.79 Å². The van der Waals surface area contributed by atoms with E-state index in [2.05, 4.69) is 4.98 Å². The highest BCUT2D eigenvalue weighted by molar-refractivity contribution is 5.63. The summed E-state index contributed by atoms with van der Waals surface area (Å²) in [4.78, 5) is 13.5. The van der Waals surface area contributed by atoms with E-state index in [-0.39, 0.29) is 5.56 Å². The minimum absolute atomic E-state index is 0.0971. The van der Waals surface area contributed by atoms with E-state index in [0.717, 1.165) is 11.3 Å². The number of aryl methyl sites for hydroxylation is 1. The summed E-state index contributed by atoms with van der Waals surface area (Å²) in [5, 5.41) is 0. The average molecular weight is 164 g/mol. The lowest BCUT2D eigenvalue weighted by atomic mass is 10.1. The van der Waals surface area contributed by atoms with Crippen LogP contribution in [-0.2, 0) is 0 Å². The zero-order valence-electron chi connectivity index (χ0n) is 7.22. The molecule has 3 N–H and O–H groups in total. The molecular formula is C9H12N2O. The number of hydrogen-bond donors (Lipinski definition) is 2. The molecule has 0 fully saturated rings. The fraction of sp³-hybridized carbons (Fsp3) is 0.222. The van der Waals surface area contributed by atoms with Gasteiger partial charge in [-0.3, -0.25) is 4.79 Å². The minimum Gasteiger partial charge on any atom is -0.398 e. The van der Waals surface area contributed by atoms with Crippen molar-refractivity contribution in [3.8, 4) is 0 Å². The molecule has 0 unspecified atom stereocenters. The van der Waals surface area contributed by atoms with Crippen LogP contribution in [0.15, 0.2) is 23.0 Å². The molecule has 0 bridgehead atoms. The Kier molecular flexibility index (Phi) is 2.33. The summed E-state index contributed by atoms with van der Waals surface area (Å²) < 4.78 is 0. The predicted octanol–water partition coefficient (Wildman–Crippen LogP) is 1.00. The maximum absolute atomic E-state index is 10.8. The third-order valence-corrected chi connectivity index (χ3v) is 1.74. The molecule has 3 nitrogen and oxygen atoms in total. The van der Waals surface area contributed by atoms with Crippen molar-refractivity contribution in [2.75, 3.05) is 0 Å². The molecule has 1 aromatic rings. The van der Waals surface area contributed by atoms with E-state index >= 15 is 0 Å². The lowest BCUT2D eigenvalue weighted by Gasteiger charge is -2.03. The summed E-state index contributed by atoms with van der Waals surface area (Å²) in [6.07, 6.45) is 1.81. The Morgan fingerprint density at radius 1 is 1.58 bits per heavy atom. The summed E-state index contributed by atoms with van der Waals surface area (Å²) in [5.41, 5.74) is 7.96. The van der Waals surface area contributed by atoms with Crippen LogP contribution in [0.1, 0.15) is 18.2 Å². The minimum atomic E-state index is -0.0971. The largest absolute Gasteiger partial charge is 0.398 e. The maximum Gasteiger partial charge on any atom is 0.248 e. The van der Waals surface area contributed by atoms with Gasteiger partial charge in [0.1, 0.15) is 0 Å². The van der Waals surface area contributed by atoms with Gasteiger partial charge in [0, 0.05) is 23.0 Å². The van der Waals surface area contributed by atoms with Crippen LogP contribution in [0.5, 0.6) is 0 Å². The van der Waals surface area contributed by atoms with Crippen LogP contribution >= 0.6 is 0 Å². The van der Waals surface area contributed by atoms with Gasteiger partial charge in [0.05, 0.1) is 0 Å². The van der Waals surface area contributed by atoms with Gasteiger partial charge < -0.3 is 10.7 Å². The summed E-state index contributed by atoms with van der Waals surface area (Å²) >= 11 is 0. The monoisotopic (exact) mass is 164 g/mol. The number of H-pyrrole nitrogens is 1. The molecule has 0 spiro atoms. The Morgan fingerprint density at radius 2 is 2.25 bits per heavy atom. The summed E-state index contributed by atoms with van der Waals surface area (Å²) in [5.74, 6) is 0. The van der Waals surface area contributed by atoms with E-state index in [4.69, 9.17) is 5.73 Å². The number of hydrogen-bond acceptors (Lipinski definition) is 2. The van der Waals surface area contributed by atoms with Crippen LogP contribution in [0.3, 0.4) is 0 Å². The molecule has 0 aromatic carbocycles. The number of rotatable bonds is 1. The third-order valence-electron chi connectivity index (χ3n) is 1.74. The van der Waals surface area contributed by atoms with Gasteiger partial charge in [0.25, 0.3) is 0 Å². The molecule has 0 saturated heterocycles. The topological polar surface area (TPSA) is 58.9 Å². The smallest absolute Gasteiger partial charge is 0.248 e. The summed E-state index contributed by atoms with van der Waals surface area (Å²) in [7, 11) is 0. The molecule has 1 aromatic heterocycles. The number of allylic oxidation sites excluding steroid dienone is 1. The van der Waals surface area contributed by atoms with Gasteiger partial charge >= 0.3 is 0 Å². The molecule has 1 rings (SSSR count). The van der Waals surface area contributed by atoms with Crippen molar-refractivity contribution in [3.05, 3.63) is 39.8 Å². The molecular weight excluding hydrogens is 152 g/mol. The Bertz CT molecular complexity index is 363. The molecule has 0 radical (unpaired) electrons. The quantitative estimate of drug-likeness (QED) is 0.650. The number of aromatic amines is 1. The van der Waals surface area contributed by atoms with E-state index in [1.165, 1.54) is 6.07 Å². The summed E-state index contributed by atoms with van der Waals surface area (Å²) in [6, 6.07) is 3.20. The normalized spacial score (nSPS) is 11.7. The van der Waals surface area contributed by atoms with Crippen LogP contribution in [0.4, 0.5) is 0 Å². The lowest BCUT2D eigenvalue weighted by Crippen LogP contribution is -2.09. The van der Waals surface area contributed by atoms with Gasteiger partial charge in [0.2, 0.25) is 5.56 Å². The van der Waals surface area contributed by atoms with Crippen molar-refractivity contribution < 1.29 is 0 Å². The van der Waals surface area contributed by atoms with E-state index < -0.39 is 0 Å². The van der Waals surface area contributed by atoms with Crippen LogP contribution in [0, 0.1) is 6.92 Å². The lowest BCUT2D eigenvalue weighted by molar-refractivity contribution is 1.12. The Labute approximate surface area is 70.9 Å². The molecule has 0 aliphatic heterocycles. The van der Waals surface area contributed by atoms with Crippen molar-refractivity contribution in [3.63, 3.8) is 0 Å². The number of aromatic nitrogens is 1. The second-order valence-electron chi connectivity index (χ2n) is 2.61. The van der Waals surface area contributed by atoms with E-state index in [1.54, 1.807) is 12.1 Å². The van der Waals surface area contributed by atoms with Gasteiger partial charge in [0.15, 0.2) is 0 Å². The van der Waals surface area contributed by atoms with Gasteiger partial charge in [-0.25, -0.2) is 0 Å². The summed E-state index contributed by atoms with van der Waals surface area (Å²) in [6.45, 7) is 3.69. The van der Waals surface area contributed by atoms with Crippen molar-refractivity contribution >= 4 is 5.70 Å². The van der Waals surface area contributed by atoms with Crippen molar-refractivity contribution in [1.82, 2.24) is 4.98 Å². The van der Waals surface area contributed by atoms with Gasteiger partial charge in [-0.1, -0.05) is 6.08 Å². The zero-order valence-corrected chi connectivity index (χ0v) is 7.22. The first-order valence-corrected chi connectivity index (χ1v) is 3.77. The van der Waals surface area contributed by atoms with Gasteiger partial charge in [-0.15, -0.1) is 0 Å². The van der Waals surface area contributed by atoms with E-state index in [0.29, 0.717) is 5.70 Å². The molecule has 0 amide bonds. The standard InChI is InChI=1S/C9H12N2O/c1-3-8(10)7-4-5-9(12)11-6(7)2/h3-5H,10H2,1-2H3,(H,11,12)/b8-3+. The van der Waals surface area contributed by atoms with Crippen LogP contribution < -0.4 is 11.3 Å². The van der Waals surface area contributed by atoms with Crippen LogP contribution in [0.2, 0.25) is 0 Å². The molecule has 64 valence electrons. The van der Waals surface area contributed by atoms with Crippen LogP contribution in [0.25, 0.3) is 5.70 Å². The highest BCUT2D eigenvalue weighted by atomic mass is 16.1. The first-order valence-electron chi connectivity index (χ1n) is 3.77. The zero-order chi connectivity index (χ0) is 9.14. The fourth-order valence-corrected chi connectivity index (χ4v) is 1.05. The molecule has 3 heteroatoms. The van der Waals surface area contributed by atoms with Gasteiger partial charge in [-0.2, -0.15) is 0 Å². The first kappa shape index (κ1) is 8.59. The number of nitrogens with one attached hydrogen (secondary N) is 1. The molecule has 0 saturated carbocycles. The Hall–Kier alpha value is -1.51.